The number of anilines is 1. The van der Waals surface area contributed by atoms with E-state index in [1.54, 1.807) is 18.6 Å². The molecule has 2 aromatic rings. The van der Waals surface area contributed by atoms with Crippen LogP contribution in [0.15, 0.2) is 30.6 Å². The van der Waals surface area contributed by atoms with Crippen LogP contribution < -0.4 is 4.90 Å². The Morgan fingerprint density at radius 3 is 3.07 bits per heavy atom. The highest BCUT2D eigenvalue weighted by atomic mass is 32.2. The van der Waals surface area contributed by atoms with Crippen molar-refractivity contribution in [3.05, 3.63) is 36.4 Å². The fourth-order valence-electron chi connectivity index (χ4n) is 3.31. The van der Waals surface area contributed by atoms with E-state index >= 15 is 0 Å². The van der Waals surface area contributed by atoms with E-state index in [-0.39, 0.29) is 0 Å². The predicted octanol–water partition coefficient (Wildman–Crippen LogP) is 3.36. The van der Waals surface area contributed by atoms with Crippen molar-refractivity contribution >= 4 is 28.8 Å². The number of nitrogens with zero attached hydrogens (tertiary/aromatic N) is 3. The van der Waals surface area contributed by atoms with E-state index in [1.165, 1.54) is 6.08 Å². The molecule has 3 heterocycles. The molecule has 1 aliphatic rings. The molecular formula is C19H23F2N5OS. The van der Waals surface area contributed by atoms with Gasteiger partial charge in [0.05, 0.1) is 23.9 Å². The molecule has 1 fully saturated rings. The summed E-state index contributed by atoms with van der Waals surface area (Å²) in [7, 11) is 0. The standard InChI is InChI=1S/C19H23F2N5OS/c1-28(27)12-13-3-2-8-26(11-13)18-9-14(6-7-23-18)16-10-24-17(25-16)5-4-15(22)19(20)21/h4-7,9-10,13,19,22H,2-3,8,11-12H2,1H3,(H,24,25)/b5-4-,22-15?. The lowest BCUT2D eigenvalue weighted by Crippen LogP contribution is -2.38. The minimum atomic E-state index is -2.80. The molecule has 150 valence electrons. The van der Waals surface area contributed by atoms with Gasteiger partial charge in [-0.2, -0.15) is 0 Å². The number of halogens is 2. The molecule has 0 spiro atoms. The van der Waals surface area contributed by atoms with Gasteiger partial charge < -0.3 is 14.4 Å². The Morgan fingerprint density at radius 2 is 2.32 bits per heavy atom. The van der Waals surface area contributed by atoms with E-state index in [1.807, 2.05) is 12.1 Å². The maximum Gasteiger partial charge on any atom is 0.279 e. The van der Waals surface area contributed by atoms with E-state index in [9.17, 15) is 13.3 Å². The van der Waals surface area contributed by atoms with E-state index in [2.05, 4.69) is 19.9 Å². The predicted molar refractivity (Wildman–Crippen MR) is 108 cm³/mol. The first-order valence-corrected chi connectivity index (χ1v) is 10.8. The molecule has 2 N–H and O–H groups in total. The summed E-state index contributed by atoms with van der Waals surface area (Å²) in [5, 5.41) is 7.15. The summed E-state index contributed by atoms with van der Waals surface area (Å²) < 4.78 is 36.3. The van der Waals surface area contributed by atoms with Crippen LogP contribution in [-0.2, 0) is 11.2 Å². The van der Waals surface area contributed by atoms with Crippen molar-refractivity contribution in [3.63, 3.8) is 0 Å². The van der Waals surface area contributed by atoms with Gasteiger partial charge in [0, 0.05) is 30.8 Å². The van der Waals surface area contributed by atoms with Gasteiger partial charge in [0.1, 0.15) is 17.4 Å². The molecule has 0 saturated carbocycles. The van der Waals surface area contributed by atoms with Gasteiger partial charge >= 0.3 is 0 Å². The first-order chi connectivity index (χ1) is 13.4. The van der Waals surface area contributed by atoms with Crippen LogP contribution >= 0.6 is 0 Å². The van der Waals surface area contributed by atoms with E-state index in [4.69, 9.17) is 5.41 Å². The van der Waals surface area contributed by atoms with Gasteiger partial charge in [-0.3, -0.25) is 5.41 Å². The zero-order valence-electron chi connectivity index (χ0n) is 15.6. The number of nitrogens with one attached hydrogen (secondary N) is 2. The molecule has 2 aromatic heterocycles. The summed E-state index contributed by atoms with van der Waals surface area (Å²) in [4.78, 5) is 13.9. The number of alkyl halides is 2. The number of hydrogen-bond acceptors (Lipinski definition) is 5. The van der Waals surface area contributed by atoms with Crippen molar-refractivity contribution < 1.29 is 13.3 Å². The van der Waals surface area contributed by atoms with E-state index < -0.39 is 23.3 Å². The highest BCUT2D eigenvalue weighted by molar-refractivity contribution is 7.90. The first kappa shape index (κ1) is 20.5. The lowest BCUT2D eigenvalue weighted by atomic mass is 10.00. The summed E-state index contributed by atoms with van der Waals surface area (Å²) in [5.74, 6) is 2.37. The van der Waals surface area contributed by atoms with Crippen molar-refractivity contribution in [2.45, 2.75) is 19.3 Å². The lowest BCUT2D eigenvalue weighted by Gasteiger charge is -2.33. The molecule has 2 unspecified atom stereocenters. The Bertz CT molecular complexity index is 839. The second-order valence-corrected chi connectivity index (χ2v) is 8.35. The van der Waals surface area contributed by atoms with Crippen LogP contribution in [0.25, 0.3) is 17.3 Å². The number of aromatic nitrogens is 3. The normalized spacial score (nSPS) is 18.8. The number of H-pyrrole nitrogens is 1. The second kappa shape index (κ2) is 9.29. The van der Waals surface area contributed by atoms with Crippen LogP contribution in [0, 0.1) is 11.3 Å². The van der Waals surface area contributed by atoms with Crippen LogP contribution in [0.4, 0.5) is 14.6 Å². The zero-order valence-corrected chi connectivity index (χ0v) is 16.4. The highest BCUT2D eigenvalue weighted by Crippen LogP contribution is 2.26. The molecule has 2 atom stereocenters. The van der Waals surface area contributed by atoms with Crippen LogP contribution in [0.3, 0.4) is 0 Å². The third-order valence-electron chi connectivity index (χ3n) is 4.62. The number of imidazole rings is 1. The molecule has 0 bridgehead atoms. The first-order valence-electron chi connectivity index (χ1n) is 9.03. The largest absolute Gasteiger partial charge is 0.617 e. The molecule has 1 saturated heterocycles. The highest BCUT2D eigenvalue weighted by Gasteiger charge is 2.24. The monoisotopic (exact) mass is 407 g/mol. The Labute approximate surface area is 165 Å². The average Bonchev–Trinajstić information content (AvgIpc) is 3.15. The number of piperidine rings is 1. The molecule has 0 amide bonds. The summed E-state index contributed by atoms with van der Waals surface area (Å²) in [6.45, 7) is 1.75. The van der Waals surface area contributed by atoms with Crippen molar-refractivity contribution in [1.29, 1.82) is 5.41 Å². The number of rotatable bonds is 7. The van der Waals surface area contributed by atoms with Crippen LogP contribution in [0.2, 0.25) is 0 Å². The lowest BCUT2D eigenvalue weighted by molar-refractivity contribution is 0.226. The molecule has 0 aromatic carbocycles. The fourth-order valence-corrected chi connectivity index (χ4v) is 4.25. The van der Waals surface area contributed by atoms with E-state index in [0.29, 0.717) is 17.5 Å². The molecule has 3 rings (SSSR count). The van der Waals surface area contributed by atoms with Crippen molar-refractivity contribution in [2.75, 3.05) is 30.0 Å². The van der Waals surface area contributed by atoms with Gasteiger partial charge in [0.25, 0.3) is 6.43 Å². The summed E-state index contributed by atoms with van der Waals surface area (Å²) in [6.07, 6.45) is 6.83. The minimum absolute atomic E-state index is 0.402. The van der Waals surface area contributed by atoms with Gasteiger partial charge in [0.2, 0.25) is 0 Å². The maximum atomic E-state index is 12.4. The van der Waals surface area contributed by atoms with Crippen molar-refractivity contribution in [3.8, 4) is 11.3 Å². The number of aromatic amines is 1. The molecule has 28 heavy (non-hydrogen) atoms. The van der Waals surface area contributed by atoms with Crippen molar-refractivity contribution in [1.82, 2.24) is 15.0 Å². The number of pyridine rings is 1. The van der Waals surface area contributed by atoms with Gasteiger partial charge in [-0.25, -0.2) is 18.7 Å². The summed E-state index contributed by atoms with van der Waals surface area (Å²) in [6, 6.07) is 3.82. The fraction of sp³-hybridized carbons (Fsp3) is 0.421. The number of allylic oxidation sites excluding steroid dienone is 1. The second-order valence-electron chi connectivity index (χ2n) is 6.87. The Balaban J connectivity index is 1.72. The number of hydrogen-bond donors (Lipinski definition) is 2. The van der Waals surface area contributed by atoms with Crippen LogP contribution in [-0.4, -0.2) is 56.7 Å². The molecule has 1 aliphatic heterocycles. The molecule has 6 nitrogen and oxygen atoms in total. The maximum absolute atomic E-state index is 12.4. The summed E-state index contributed by atoms with van der Waals surface area (Å²) >= 11 is -0.803. The third-order valence-corrected chi connectivity index (χ3v) is 5.56. The smallest absolute Gasteiger partial charge is 0.279 e. The molecule has 0 radical (unpaired) electrons. The van der Waals surface area contributed by atoms with Gasteiger partial charge in [-0.15, -0.1) is 0 Å². The Kier molecular flexibility index (Phi) is 6.79. The zero-order chi connectivity index (χ0) is 20.1. The average molecular weight is 407 g/mol. The molecule has 9 heteroatoms. The Morgan fingerprint density at radius 1 is 1.50 bits per heavy atom. The van der Waals surface area contributed by atoms with Crippen molar-refractivity contribution in [2.24, 2.45) is 5.92 Å². The quantitative estimate of drug-likeness (QED) is 0.544. The third kappa shape index (κ3) is 5.39. The topological polar surface area (TPSA) is 91.7 Å². The van der Waals surface area contributed by atoms with E-state index in [0.717, 1.165) is 49.1 Å². The molecule has 0 aliphatic carbocycles. The van der Waals surface area contributed by atoms with Crippen LogP contribution in [0.5, 0.6) is 0 Å². The van der Waals surface area contributed by atoms with Crippen LogP contribution in [0.1, 0.15) is 18.7 Å². The minimum Gasteiger partial charge on any atom is -0.617 e. The molecular weight excluding hydrogens is 384 g/mol. The summed E-state index contributed by atoms with van der Waals surface area (Å²) in [5.41, 5.74) is 0.884. The van der Waals surface area contributed by atoms with Gasteiger partial charge in [-0.1, -0.05) is 11.2 Å². The Hall–Kier alpha value is -2.26. The van der Waals surface area contributed by atoms with Gasteiger partial charge in [0.15, 0.2) is 0 Å². The van der Waals surface area contributed by atoms with Gasteiger partial charge in [-0.05, 0) is 37.1 Å². The SMILES string of the molecule is C[S+]([O-])CC1CCCN(c2cc(-c3cnc(/C=C\C(=N)C(F)F)[nH]3)ccn2)C1.